The van der Waals surface area contributed by atoms with E-state index in [2.05, 4.69) is 21.9 Å². The summed E-state index contributed by atoms with van der Waals surface area (Å²) < 4.78 is 16.4. The predicted molar refractivity (Wildman–Crippen MR) is 118 cm³/mol. The quantitative estimate of drug-likeness (QED) is 0.576. The fourth-order valence-electron chi connectivity index (χ4n) is 3.57. The summed E-state index contributed by atoms with van der Waals surface area (Å²) in [5.41, 5.74) is 2.32. The van der Waals surface area contributed by atoms with E-state index in [1.807, 2.05) is 42.5 Å². The fraction of sp³-hybridized carbons (Fsp3) is 0.500. The van der Waals surface area contributed by atoms with Gasteiger partial charge in [0, 0.05) is 39.3 Å². The molecule has 6 heteroatoms. The van der Waals surface area contributed by atoms with Gasteiger partial charge in [-0.15, -0.1) is 0 Å². The number of ether oxygens (including phenoxy) is 3. The van der Waals surface area contributed by atoms with Gasteiger partial charge in [0.25, 0.3) is 0 Å². The SMILES string of the molecule is COc1ccc(CN(CCN2CCOCC2)C[C@@H](O)COCc2ccccc2)cc1. The minimum absolute atomic E-state index is 0.325. The predicted octanol–water partition coefficient (Wildman–Crippen LogP) is 2.41. The molecule has 6 nitrogen and oxygen atoms in total. The number of hydrogen-bond acceptors (Lipinski definition) is 6. The Morgan fingerprint density at radius 1 is 1.03 bits per heavy atom. The first-order valence-electron chi connectivity index (χ1n) is 10.7. The normalized spacial score (nSPS) is 16.0. The lowest BCUT2D eigenvalue weighted by molar-refractivity contribution is 0.00211. The van der Waals surface area contributed by atoms with Crippen molar-refractivity contribution >= 4 is 0 Å². The van der Waals surface area contributed by atoms with Crippen molar-refractivity contribution in [1.82, 2.24) is 9.80 Å². The molecule has 2 aromatic rings. The molecule has 1 heterocycles. The van der Waals surface area contributed by atoms with E-state index in [9.17, 15) is 5.11 Å². The lowest BCUT2D eigenvalue weighted by Crippen LogP contribution is -2.43. The first kappa shape index (κ1) is 22.7. The number of rotatable bonds is 12. The summed E-state index contributed by atoms with van der Waals surface area (Å²) in [6, 6.07) is 18.2. The number of aliphatic hydroxyl groups excluding tert-OH is 1. The number of hydrogen-bond donors (Lipinski definition) is 1. The van der Waals surface area contributed by atoms with Gasteiger partial charge in [-0.05, 0) is 23.3 Å². The van der Waals surface area contributed by atoms with E-state index in [0.717, 1.165) is 57.3 Å². The molecule has 0 radical (unpaired) electrons. The Morgan fingerprint density at radius 2 is 1.77 bits per heavy atom. The third kappa shape index (κ3) is 8.05. The summed E-state index contributed by atoms with van der Waals surface area (Å²) in [6.45, 7) is 7.60. The molecular weight excluding hydrogens is 380 g/mol. The van der Waals surface area contributed by atoms with Crippen LogP contribution >= 0.6 is 0 Å². The van der Waals surface area contributed by atoms with Crippen LogP contribution in [0.5, 0.6) is 5.75 Å². The Kier molecular flexibility index (Phi) is 9.60. The average Bonchev–Trinajstić information content (AvgIpc) is 2.79. The Labute approximate surface area is 180 Å². The van der Waals surface area contributed by atoms with Gasteiger partial charge in [-0.1, -0.05) is 42.5 Å². The van der Waals surface area contributed by atoms with Crippen LogP contribution in [0.25, 0.3) is 0 Å². The molecule has 1 N–H and O–H groups in total. The van der Waals surface area contributed by atoms with Gasteiger partial charge in [0.05, 0.1) is 39.6 Å². The van der Waals surface area contributed by atoms with Gasteiger partial charge in [-0.2, -0.15) is 0 Å². The van der Waals surface area contributed by atoms with Crippen LogP contribution in [-0.4, -0.2) is 80.7 Å². The number of methoxy groups -OCH3 is 1. The fourth-order valence-corrected chi connectivity index (χ4v) is 3.57. The molecule has 0 unspecified atom stereocenters. The molecule has 1 aliphatic rings. The summed E-state index contributed by atoms with van der Waals surface area (Å²) in [7, 11) is 1.68. The van der Waals surface area contributed by atoms with Gasteiger partial charge >= 0.3 is 0 Å². The van der Waals surface area contributed by atoms with E-state index < -0.39 is 6.10 Å². The summed E-state index contributed by atoms with van der Waals surface area (Å²) in [4.78, 5) is 4.72. The minimum atomic E-state index is -0.531. The molecule has 0 bridgehead atoms. The van der Waals surface area contributed by atoms with Crippen molar-refractivity contribution in [2.45, 2.75) is 19.3 Å². The zero-order valence-corrected chi connectivity index (χ0v) is 17.9. The van der Waals surface area contributed by atoms with E-state index in [4.69, 9.17) is 14.2 Å². The summed E-state index contributed by atoms with van der Waals surface area (Å²) >= 11 is 0. The smallest absolute Gasteiger partial charge is 0.118 e. The molecule has 0 saturated carbocycles. The molecule has 0 amide bonds. The maximum Gasteiger partial charge on any atom is 0.118 e. The summed E-state index contributed by atoms with van der Waals surface area (Å²) in [6.07, 6.45) is -0.531. The molecule has 0 aromatic heterocycles. The van der Waals surface area contributed by atoms with Crippen LogP contribution in [-0.2, 0) is 22.6 Å². The van der Waals surface area contributed by atoms with Crippen LogP contribution in [0.1, 0.15) is 11.1 Å². The molecule has 1 fully saturated rings. The molecule has 0 spiro atoms. The van der Waals surface area contributed by atoms with Crippen LogP contribution in [0.15, 0.2) is 54.6 Å². The highest BCUT2D eigenvalue weighted by atomic mass is 16.5. The third-order valence-corrected chi connectivity index (χ3v) is 5.29. The van der Waals surface area contributed by atoms with Gasteiger partial charge in [0.1, 0.15) is 5.75 Å². The second kappa shape index (κ2) is 12.7. The summed E-state index contributed by atoms with van der Waals surface area (Å²) in [5, 5.41) is 10.6. The average molecular weight is 415 g/mol. The molecule has 3 rings (SSSR count). The van der Waals surface area contributed by atoms with E-state index in [-0.39, 0.29) is 0 Å². The van der Waals surface area contributed by atoms with E-state index in [1.54, 1.807) is 7.11 Å². The van der Waals surface area contributed by atoms with Gasteiger partial charge < -0.3 is 19.3 Å². The van der Waals surface area contributed by atoms with Crippen molar-refractivity contribution in [3.63, 3.8) is 0 Å². The Balaban J connectivity index is 1.50. The monoisotopic (exact) mass is 414 g/mol. The molecule has 1 atom stereocenters. The van der Waals surface area contributed by atoms with Gasteiger partial charge in [-0.25, -0.2) is 0 Å². The highest BCUT2D eigenvalue weighted by molar-refractivity contribution is 5.27. The molecule has 30 heavy (non-hydrogen) atoms. The van der Waals surface area contributed by atoms with Gasteiger partial charge in [0.2, 0.25) is 0 Å². The van der Waals surface area contributed by atoms with E-state index in [1.165, 1.54) is 5.56 Å². The maximum atomic E-state index is 10.6. The lowest BCUT2D eigenvalue weighted by atomic mass is 10.2. The molecule has 1 saturated heterocycles. The van der Waals surface area contributed by atoms with E-state index in [0.29, 0.717) is 19.8 Å². The van der Waals surface area contributed by atoms with Crippen LogP contribution in [0.3, 0.4) is 0 Å². The Morgan fingerprint density at radius 3 is 2.47 bits per heavy atom. The maximum absolute atomic E-state index is 10.6. The largest absolute Gasteiger partial charge is 0.497 e. The highest BCUT2D eigenvalue weighted by Crippen LogP contribution is 2.14. The van der Waals surface area contributed by atoms with Crippen LogP contribution in [0.4, 0.5) is 0 Å². The van der Waals surface area contributed by atoms with Crippen LogP contribution in [0, 0.1) is 0 Å². The third-order valence-electron chi connectivity index (χ3n) is 5.29. The second-order valence-corrected chi connectivity index (χ2v) is 7.69. The first-order valence-corrected chi connectivity index (χ1v) is 10.7. The number of aliphatic hydroxyl groups is 1. The van der Waals surface area contributed by atoms with Crippen LogP contribution in [0.2, 0.25) is 0 Å². The second-order valence-electron chi connectivity index (χ2n) is 7.69. The topological polar surface area (TPSA) is 54.4 Å². The number of benzene rings is 2. The lowest BCUT2D eigenvalue weighted by Gasteiger charge is -2.31. The van der Waals surface area contributed by atoms with Crippen LogP contribution < -0.4 is 4.74 Å². The molecule has 164 valence electrons. The first-order chi connectivity index (χ1) is 14.7. The molecule has 2 aromatic carbocycles. The van der Waals surface area contributed by atoms with Gasteiger partial charge in [-0.3, -0.25) is 9.80 Å². The van der Waals surface area contributed by atoms with Crippen molar-refractivity contribution in [1.29, 1.82) is 0 Å². The Bertz CT molecular complexity index is 705. The van der Waals surface area contributed by atoms with Crippen molar-refractivity contribution in [2.24, 2.45) is 0 Å². The number of nitrogens with zero attached hydrogens (tertiary/aromatic N) is 2. The molecule has 1 aliphatic heterocycles. The Hall–Kier alpha value is -1.96. The van der Waals surface area contributed by atoms with Crippen molar-refractivity contribution in [3.05, 3.63) is 65.7 Å². The van der Waals surface area contributed by atoms with Crippen molar-refractivity contribution < 1.29 is 19.3 Å². The minimum Gasteiger partial charge on any atom is -0.497 e. The number of morpholine rings is 1. The highest BCUT2D eigenvalue weighted by Gasteiger charge is 2.16. The van der Waals surface area contributed by atoms with E-state index >= 15 is 0 Å². The van der Waals surface area contributed by atoms with Crippen molar-refractivity contribution in [2.75, 3.05) is 59.7 Å². The zero-order chi connectivity index (χ0) is 21.0. The summed E-state index contributed by atoms with van der Waals surface area (Å²) in [5.74, 6) is 0.855. The molecular formula is C24H34N2O4. The van der Waals surface area contributed by atoms with Gasteiger partial charge in [0.15, 0.2) is 0 Å². The standard InChI is InChI=1S/C24H34N2O4/c1-28-24-9-7-21(8-10-24)17-26(12-11-25-13-15-29-16-14-25)18-23(27)20-30-19-22-5-3-2-4-6-22/h2-10,23,27H,11-20H2,1H3/t23-/m1/s1. The molecule has 0 aliphatic carbocycles. The zero-order valence-electron chi connectivity index (χ0n) is 17.9. The van der Waals surface area contributed by atoms with Crippen molar-refractivity contribution in [3.8, 4) is 5.75 Å².